The van der Waals surface area contributed by atoms with E-state index in [4.69, 9.17) is 9.11 Å². The van der Waals surface area contributed by atoms with Crippen LogP contribution in [0.25, 0.3) is 0 Å². The first kappa shape index (κ1) is 14.7. The molecule has 0 saturated heterocycles. The van der Waals surface area contributed by atoms with E-state index in [0.717, 1.165) is 0 Å². The van der Waals surface area contributed by atoms with Crippen LogP contribution in [-0.2, 0) is 22.2 Å². The van der Waals surface area contributed by atoms with Crippen molar-refractivity contribution in [3.05, 3.63) is 60.7 Å². The lowest BCUT2D eigenvalue weighted by atomic mass is 10.4. The van der Waals surface area contributed by atoms with Gasteiger partial charge in [-0.2, -0.15) is 0 Å². The Morgan fingerprint density at radius 2 is 0.889 bits per heavy atom. The van der Waals surface area contributed by atoms with E-state index in [0.29, 0.717) is 9.79 Å². The lowest BCUT2D eigenvalue weighted by molar-refractivity contribution is 0.563. The predicted octanol–water partition coefficient (Wildman–Crippen LogP) is 2.53. The molecule has 2 atom stereocenters. The van der Waals surface area contributed by atoms with Crippen LogP contribution in [0.4, 0.5) is 0 Å². The standard InChI is InChI=1S/2C6H6O2S/c2*7-9(8)6-4-2-1-3-5-6/h2*1-5H,(H,7,8). The van der Waals surface area contributed by atoms with Crippen molar-refractivity contribution in [3.63, 3.8) is 0 Å². The van der Waals surface area contributed by atoms with E-state index in [1.54, 1.807) is 60.7 Å². The average Bonchev–Trinajstić information content (AvgIpc) is 2.41. The van der Waals surface area contributed by atoms with Crippen molar-refractivity contribution >= 4 is 22.2 Å². The Morgan fingerprint density at radius 1 is 0.611 bits per heavy atom. The summed E-state index contributed by atoms with van der Waals surface area (Å²) in [4.78, 5) is 0.884. The minimum atomic E-state index is -1.83. The molecule has 0 radical (unpaired) electrons. The van der Waals surface area contributed by atoms with Crippen LogP contribution in [0, 0.1) is 0 Å². The molecule has 0 saturated carbocycles. The highest BCUT2D eigenvalue weighted by molar-refractivity contribution is 7.79. The Labute approximate surface area is 110 Å². The average molecular weight is 284 g/mol. The maximum absolute atomic E-state index is 10.3. The van der Waals surface area contributed by atoms with Crippen molar-refractivity contribution in [2.24, 2.45) is 0 Å². The largest absolute Gasteiger partial charge is 0.302 e. The minimum absolute atomic E-state index is 0.442. The Kier molecular flexibility index (Phi) is 6.45. The smallest absolute Gasteiger partial charge is 0.186 e. The van der Waals surface area contributed by atoms with Gasteiger partial charge >= 0.3 is 0 Å². The molecule has 0 heterocycles. The highest BCUT2D eigenvalue weighted by Crippen LogP contribution is 2.01. The second kappa shape index (κ2) is 7.88. The molecule has 4 nitrogen and oxygen atoms in total. The topological polar surface area (TPSA) is 74.6 Å². The van der Waals surface area contributed by atoms with Crippen molar-refractivity contribution in [1.29, 1.82) is 0 Å². The quantitative estimate of drug-likeness (QED) is 0.831. The molecule has 0 aliphatic rings. The summed E-state index contributed by atoms with van der Waals surface area (Å²) in [6.07, 6.45) is 0. The van der Waals surface area contributed by atoms with Crippen LogP contribution in [0.1, 0.15) is 0 Å². The monoisotopic (exact) mass is 284 g/mol. The molecule has 6 heteroatoms. The third-order valence-electron chi connectivity index (χ3n) is 1.89. The maximum Gasteiger partial charge on any atom is 0.186 e. The van der Waals surface area contributed by atoms with Crippen molar-refractivity contribution < 1.29 is 17.5 Å². The molecule has 2 rings (SSSR count). The summed E-state index contributed by atoms with van der Waals surface area (Å²) in [5.74, 6) is 0. The molecule has 2 aromatic rings. The van der Waals surface area contributed by atoms with Crippen LogP contribution < -0.4 is 0 Å². The zero-order valence-corrected chi connectivity index (χ0v) is 10.9. The highest BCUT2D eigenvalue weighted by Gasteiger charge is 1.94. The predicted molar refractivity (Wildman–Crippen MR) is 71.0 cm³/mol. The third-order valence-corrected chi connectivity index (χ3v) is 3.24. The van der Waals surface area contributed by atoms with Crippen LogP contribution in [-0.4, -0.2) is 17.5 Å². The van der Waals surface area contributed by atoms with Gasteiger partial charge in [-0.25, -0.2) is 8.42 Å². The molecular weight excluding hydrogens is 272 g/mol. The molecule has 2 aromatic carbocycles. The number of benzene rings is 2. The second-order valence-corrected chi connectivity index (χ2v) is 5.06. The van der Waals surface area contributed by atoms with Crippen molar-refractivity contribution in [1.82, 2.24) is 0 Å². The highest BCUT2D eigenvalue weighted by atomic mass is 32.2. The van der Waals surface area contributed by atoms with Gasteiger partial charge in [0.15, 0.2) is 22.2 Å². The normalized spacial score (nSPS) is 13.0. The van der Waals surface area contributed by atoms with E-state index < -0.39 is 22.2 Å². The van der Waals surface area contributed by atoms with Gasteiger partial charge in [0.1, 0.15) is 0 Å². The van der Waals surface area contributed by atoms with Crippen LogP contribution in [0.3, 0.4) is 0 Å². The summed E-state index contributed by atoms with van der Waals surface area (Å²) in [7, 11) is 0. The maximum atomic E-state index is 10.3. The molecule has 0 amide bonds. The SMILES string of the molecule is O=S(O)c1ccccc1.O=S(O)c1ccccc1. The first-order chi connectivity index (χ1) is 8.61. The Bertz CT molecular complexity index is 465. The molecular formula is C12H12O4S2. The van der Waals surface area contributed by atoms with Gasteiger partial charge in [-0.15, -0.1) is 0 Å². The minimum Gasteiger partial charge on any atom is -0.302 e. The lowest BCUT2D eigenvalue weighted by Gasteiger charge is -1.89. The van der Waals surface area contributed by atoms with Gasteiger partial charge in [-0.1, -0.05) is 36.4 Å². The van der Waals surface area contributed by atoms with Crippen LogP contribution >= 0.6 is 0 Å². The van der Waals surface area contributed by atoms with Gasteiger partial charge in [0.05, 0.1) is 9.79 Å². The van der Waals surface area contributed by atoms with E-state index in [2.05, 4.69) is 0 Å². The van der Waals surface area contributed by atoms with Gasteiger partial charge in [0.2, 0.25) is 0 Å². The van der Waals surface area contributed by atoms with E-state index >= 15 is 0 Å². The molecule has 96 valence electrons. The molecule has 0 spiro atoms. The summed E-state index contributed by atoms with van der Waals surface area (Å²) in [5, 5.41) is 0. The summed E-state index contributed by atoms with van der Waals surface area (Å²) in [6, 6.07) is 16.9. The van der Waals surface area contributed by atoms with Gasteiger partial charge in [-0.05, 0) is 24.3 Å². The Hall–Kier alpha value is -1.34. The van der Waals surface area contributed by atoms with Crippen LogP contribution in [0.5, 0.6) is 0 Å². The zero-order chi connectivity index (χ0) is 13.4. The molecule has 0 aliphatic carbocycles. The molecule has 18 heavy (non-hydrogen) atoms. The van der Waals surface area contributed by atoms with Gasteiger partial charge < -0.3 is 9.11 Å². The Balaban J connectivity index is 0.000000180. The van der Waals surface area contributed by atoms with Gasteiger partial charge in [-0.3, -0.25) is 0 Å². The fraction of sp³-hybridized carbons (Fsp3) is 0. The molecule has 2 N–H and O–H groups in total. The zero-order valence-electron chi connectivity index (χ0n) is 9.30. The first-order valence-corrected chi connectivity index (χ1v) is 7.14. The van der Waals surface area contributed by atoms with Crippen molar-refractivity contribution in [3.8, 4) is 0 Å². The van der Waals surface area contributed by atoms with E-state index in [1.165, 1.54) is 0 Å². The number of hydrogen-bond donors (Lipinski definition) is 2. The van der Waals surface area contributed by atoms with Gasteiger partial charge in [0.25, 0.3) is 0 Å². The summed E-state index contributed by atoms with van der Waals surface area (Å²) in [6.45, 7) is 0. The van der Waals surface area contributed by atoms with Crippen LogP contribution in [0.2, 0.25) is 0 Å². The number of hydrogen-bond acceptors (Lipinski definition) is 2. The molecule has 0 fully saturated rings. The fourth-order valence-corrected chi connectivity index (χ4v) is 1.85. The van der Waals surface area contributed by atoms with Gasteiger partial charge in [0, 0.05) is 0 Å². The number of rotatable bonds is 2. The molecule has 0 bridgehead atoms. The first-order valence-electron chi connectivity index (χ1n) is 4.93. The fourth-order valence-electron chi connectivity index (χ4n) is 1.07. The second-order valence-electron chi connectivity index (χ2n) is 3.12. The van der Waals surface area contributed by atoms with Crippen molar-refractivity contribution in [2.75, 3.05) is 0 Å². The van der Waals surface area contributed by atoms with Crippen molar-refractivity contribution in [2.45, 2.75) is 9.79 Å². The van der Waals surface area contributed by atoms with E-state index in [1.807, 2.05) is 0 Å². The molecule has 0 aliphatic heterocycles. The van der Waals surface area contributed by atoms with E-state index in [9.17, 15) is 8.42 Å². The van der Waals surface area contributed by atoms with E-state index in [-0.39, 0.29) is 0 Å². The third kappa shape index (κ3) is 5.33. The summed E-state index contributed by atoms with van der Waals surface area (Å²) < 4.78 is 37.6. The lowest BCUT2D eigenvalue weighted by Crippen LogP contribution is -1.84. The summed E-state index contributed by atoms with van der Waals surface area (Å²) in [5.41, 5.74) is 0. The molecule has 2 unspecified atom stereocenters. The summed E-state index contributed by atoms with van der Waals surface area (Å²) >= 11 is -3.66. The van der Waals surface area contributed by atoms with Crippen LogP contribution in [0.15, 0.2) is 70.5 Å². The Morgan fingerprint density at radius 3 is 1.06 bits per heavy atom. The molecule has 0 aromatic heterocycles.